The number of rotatable bonds is 4. The minimum atomic E-state index is -3.54. The molecule has 0 amide bonds. The second-order valence-corrected chi connectivity index (χ2v) is 7.45. The maximum absolute atomic E-state index is 12.5. The molecule has 2 rings (SSSR count). The Labute approximate surface area is 128 Å². The van der Waals surface area contributed by atoms with Crippen LogP contribution in [0.4, 0.5) is 0 Å². The van der Waals surface area contributed by atoms with Crippen LogP contribution in [0, 0.1) is 6.92 Å². The van der Waals surface area contributed by atoms with E-state index in [-0.39, 0.29) is 6.04 Å². The first-order valence-electron chi connectivity index (χ1n) is 6.53. The van der Waals surface area contributed by atoms with Crippen LogP contribution in [0.1, 0.15) is 24.0 Å². The third-order valence-corrected chi connectivity index (χ3v) is 5.90. The summed E-state index contributed by atoms with van der Waals surface area (Å²) in [4.78, 5) is 0.291. The van der Waals surface area contributed by atoms with Gasteiger partial charge in [-0.15, -0.1) is 0 Å². The van der Waals surface area contributed by atoms with Gasteiger partial charge in [-0.25, -0.2) is 13.1 Å². The first kappa shape index (κ1) is 15.9. The molecule has 0 atom stereocenters. The van der Waals surface area contributed by atoms with E-state index in [1.165, 1.54) is 0 Å². The lowest BCUT2D eigenvalue weighted by atomic mass is 10.1. The predicted octanol–water partition coefficient (Wildman–Crippen LogP) is 1.67. The van der Waals surface area contributed by atoms with Crippen LogP contribution >= 0.6 is 15.9 Å². The summed E-state index contributed by atoms with van der Waals surface area (Å²) in [7, 11) is -3.54. The van der Waals surface area contributed by atoms with Crippen LogP contribution in [-0.4, -0.2) is 27.7 Å². The Kier molecular flexibility index (Phi) is 5.19. The quantitative estimate of drug-likeness (QED) is 0.853. The molecule has 1 saturated heterocycles. The van der Waals surface area contributed by atoms with Crippen molar-refractivity contribution in [3.8, 4) is 0 Å². The molecular weight excluding hydrogens is 344 g/mol. The van der Waals surface area contributed by atoms with E-state index >= 15 is 0 Å². The fourth-order valence-electron chi connectivity index (χ4n) is 2.20. The Morgan fingerprint density at radius 1 is 1.40 bits per heavy atom. The van der Waals surface area contributed by atoms with Crippen LogP contribution in [-0.2, 0) is 21.3 Å². The van der Waals surface area contributed by atoms with E-state index in [1.54, 1.807) is 13.0 Å². The Balaban J connectivity index is 2.30. The van der Waals surface area contributed by atoms with E-state index in [0.29, 0.717) is 43.1 Å². The Hall–Kier alpha value is -0.470. The van der Waals surface area contributed by atoms with Crippen LogP contribution in [0.25, 0.3) is 0 Å². The predicted molar refractivity (Wildman–Crippen MR) is 80.9 cm³/mol. The van der Waals surface area contributed by atoms with Crippen molar-refractivity contribution in [3.05, 3.63) is 27.7 Å². The molecule has 5 nitrogen and oxygen atoms in total. The standard InChI is InChI=1S/C13H19BrN2O3S/c1-9-12(14)6-10(8-15)7-13(9)20(17,18)16-11-2-4-19-5-3-11/h6-7,11,16H,2-5,8,15H2,1H3. The number of nitrogens with two attached hydrogens (primary N) is 1. The summed E-state index contributed by atoms with van der Waals surface area (Å²) in [5.74, 6) is 0. The lowest BCUT2D eigenvalue weighted by Gasteiger charge is -2.23. The average molecular weight is 363 g/mol. The van der Waals surface area contributed by atoms with Crippen LogP contribution in [0.5, 0.6) is 0 Å². The van der Waals surface area contributed by atoms with E-state index < -0.39 is 10.0 Å². The number of hydrogen-bond donors (Lipinski definition) is 2. The molecule has 3 N–H and O–H groups in total. The van der Waals surface area contributed by atoms with Gasteiger partial charge in [-0.2, -0.15) is 0 Å². The topological polar surface area (TPSA) is 81.4 Å². The highest BCUT2D eigenvalue weighted by Gasteiger charge is 2.24. The summed E-state index contributed by atoms with van der Waals surface area (Å²) in [6.07, 6.45) is 1.41. The average Bonchev–Trinajstić information content (AvgIpc) is 2.42. The first-order valence-corrected chi connectivity index (χ1v) is 8.81. The van der Waals surface area contributed by atoms with Gasteiger partial charge in [-0.1, -0.05) is 15.9 Å². The van der Waals surface area contributed by atoms with Gasteiger partial charge in [0.05, 0.1) is 4.90 Å². The molecule has 0 unspecified atom stereocenters. The van der Waals surface area contributed by atoms with Crippen molar-refractivity contribution in [2.75, 3.05) is 13.2 Å². The van der Waals surface area contributed by atoms with Crippen LogP contribution in [0.3, 0.4) is 0 Å². The molecule has 1 aromatic rings. The third kappa shape index (κ3) is 3.59. The summed E-state index contributed by atoms with van der Waals surface area (Å²) >= 11 is 3.39. The van der Waals surface area contributed by atoms with Crippen LogP contribution in [0.15, 0.2) is 21.5 Å². The van der Waals surface area contributed by atoms with Gasteiger partial charge in [0.15, 0.2) is 0 Å². The van der Waals surface area contributed by atoms with Gasteiger partial charge in [-0.05, 0) is 43.0 Å². The number of benzene rings is 1. The highest BCUT2D eigenvalue weighted by molar-refractivity contribution is 9.10. The van der Waals surface area contributed by atoms with Gasteiger partial charge in [-0.3, -0.25) is 0 Å². The molecule has 1 aliphatic rings. The van der Waals surface area contributed by atoms with Crippen molar-refractivity contribution in [2.24, 2.45) is 5.73 Å². The molecule has 0 saturated carbocycles. The smallest absolute Gasteiger partial charge is 0.241 e. The van der Waals surface area contributed by atoms with Crippen molar-refractivity contribution < 1.29 is 13.2 Å². The maximum Gasteiger partial charge on any atom is 0.241 e. The lowest BCUT2D eigenvalue weighted by Crippen LogP contribution is -2.39. The zero-order chi connectivity index (χ0) is 14.8. The Morgan fingerprint density at radius 3 is 2.65 bits per heavy atom. The van der Waals surface area contributed by atoms with Gasteiger partial charge >= 0.3 is 0 Å². The largest absolute Gasteiger partial charge is 0.381 e. The number of sulfonamides is 1. The molecule has 1 aliphatic heterocycles. The summed E-state index contributed by atoms with van der Waals surface area (Å²) in [6.45, 7) is 3.28. The minimum Gasteiger partial charge on any atom is -0.381 e. The Bertz CT molecular complexity index is 584. The Morgan fingerprint density at radius 2 is 2.05 bits per heavy atom. The molecular formula is C13H19BrN2O3S. The molecule has 0 aromatic heterocycles. The molecule has 20 heavy (non-hydrogen) atoms. The van der Waals surface area contributed by atoms with Gasteiger partial charge in [0.25, 0.3) is 0 Å². The second kappa shape index (κ2) is 6.53. The van der Waals surface area contributed by atoms with Crippen LogP contribution in [0.2, 0.25) is 0 Å². The SMILES string of the molecule is Cc1c(Br)cc(CN)cc1S(=O)(=O)NC1CCOCC1. The normalized spacial score (nSPS) is 17.4. The number of ether oxygens (including phenoxy) is 1. The molecule has 112 valence electrons. The highest BCUT2D eigenvalue weighted by atomic mass is 79.9. The van der Waals surface area contributed by atoms with Gasteiger partial charge in [0, 0.05) is 30.3 Å². The molecule has 1 aromatic carbocycles. The minimum absolute atomic E-state index is 0.0616. The van der Waals surface area contributed by atoms with Gasteiger partial charge in [0.1, 0.15) is 0 Å². The van der Waals surface area contributed by atoms with E-state index in [2.05, 4.69) is 20.7 Å². The summed E-state index contributed by atoms with van der Waals surface area (Å²) in [5.41, 5.74) is 7.10. The van der Waals surface area contributed by atoms with Crippen molar-refractivity contribution >= 4 is 26.0 Å². The van der Waals surface area contributed by atoms with Gasteiger partial charge < -0.3 is 10.5 Å². The lowest BCUT2D eigenvalue weighted by molar-refractivity contribution is 0.0832. The molecule has 0 radical (unpaired) electrons. The molecule has 0 bridgehead atoms. The van der Waals surface area contributed by atoms with Gasteiger partial charge in [0.2, 0.25) is 10.0 Å². The fraction of sp³-hybridized carbons (Fsp3) is 0.538. The number of nitrogens with one attached hydrogen (secondary N) is 1. The van der Waals surface area contributed by atoms with E-state index in [9.17, 15) is 8.42 Å². The molecule has 1 fully saturated rings. The fourth-order valence-corrected chi connectivity index (χ4v) is 4.46. The first-order chi connectivity index (χ1) is 9.44. The van der Waals surface area contributed by atoms with E-state index in [0.717, 1.165) is 10.0 Å². The molecule has 7 heteroatoms. The third-order valence-electron chi connectivity index (χ3n) is 3.42. The van der Waals surface area contributed by atoms with E-state index in [4.69, 9.17) is 10.5 Å². The van der Waals surface area contributed by atoms with Crippen molar-refractivity contribution in [1.82, 2.24) is 4.72 Å². The molecule has 0 aliphatic carbocycles. The zero-order valence-corrected chi connectivity index (χ0v) is 13.8. The molecule has 0 spiro atoms. The monoisotopic (exact) mass is 362 g/mol. The summed E-state index contributed by atoms with van der Waals surface area (Å²) in [6, 6.07) is 3.43. The second-order valence-electron chi connectivity index (χ2n) is 4.91. The molecule has 1 heterocycles. The summed E-state index contributed by atoms with van der Waals surface area (Å²) < 4.78 is 33.8. The summed E-state index contributed by atoms with van der Waals surface area (Å²) in [5, 5.41) is 0. The number of halogens is 1. The van der Waals surface area contributed by atoms with Crippen molar-refractivity contribution in [3.63, 3.8) is 0 Å². The highest BCUT2D eigenvalue weighted by Crippen LogP contribution is 2.26. The zero-order valence-electron chi connectivity index (χ0n) is 11.4. The van der Waals surface area contributed by atoms with Crippen molar-refractivity contribution in [2.45, 2.75) is 37.2 Å². The van der Waals surface area contributed by atoms with E-state index in [1.807, 2.05) is 6.07 Å². The number of hydrogen-bond acceptors (Lipinski definition) is 4. The maximum atomic E-state index is 12.5. The van der Waals surface area contributed by atoms with Crippen LogP contribution < -0.4 is 10.5 Å². The van der Waals surface area contributed by atoms with Crippen molar-refractivity contribution in [1.29, 1.82) is 0 Å².